The number of nitrogens with one attached hydrogen (secondary N) is 1. The molecule has 0 atom stereocenters. The number of hydrogen-bond donors (Lipinski definition) is 1. The van der Waals surface area contributed by atoms with Crippen LogP contribution in [0.3, 0.4) is 0 Å². The number of methoxy groups -OCH3 is 1. The number of fused-ring (bicyclic) bond motifs is 1. The number of thiophene rings is 1. The van der Waals surface area contributed by atoms with Gasteiger partial charge in [0, 0.05) is 41.9 Å². The van der Waals surface area contributed by atoms with Crippen LogP contribution in [0.15, 0.2) is 36.4 Å². The molecular weight excluding hydrogens is 375 g/mol. The summed E-state index contributed by atoms with van der Waals surface area (Å²) < 4.78 is 20.2. The molecule has 0 radical (unpaired) electrons. The molecule has 3 aromatic rings. The first kappa shape index (κ1) is 18.6. The van der Waals surface area contributed by atoms with Gasteiger partial charge in [0.1, 0.15) is 5.82 Å². The van der Waals surface area contributed by atoms with Gasteiger partial charge in [-0.3, -0.25) is 4.79 Å². The van der Waals surface area contributed by atoms with Crippen LogP contribution < -0.4 is 10.2 Å². The zero-order valence-corrected chi connectivity index (χ0v) is 16.2. The van der Waals surface area contributed by atoms with E-state index in [0.717, 1.165) is 5.69 Å². The number of carbonyl (C=O) groups excluding carboxylic acids is 1. The molecule has 1 aromatic heterocycles. The second-order valence-corrected chi connectivity index (χ2v) is 7.45. The molecule has 1 N–H and O–H groups in total. The molecule has 3 rings (SSSR count). The van der Waals surface area contributed by atoms with Crippen molar-refractivity contribution in [2.75, 3.05) is 31.4 Å². The van der Waals surface area contributed by atoms with Crippen molar-refractivity contribution >= 4 is 50.3 Å². The van der Waals surface area contributed by atoms with E-state index < -0.39 is 0 Å². The van der Waals surface area contributed by atoms with Crippen LogP contribution in [0.2, 0.25) is 5.02 Å². The summed E-state index contributed by atoms with van der Waals surface area (Å²) in [5, 5.41) is 3.85. The smallest absolute Gasteiger partial charge is 0.266 e. The number of benzene rings is 2. The normalized spacial score (nSPS) is 11.0. The molecule has 0 spiro atoms. The molecule has 0 aliphatic carbocycles. The molecule has 0 saturated carbocycles. The quantitative estimate of drug-likeness (QED) is 0.652. The van der Waals surface area contributed by atoms with E-state index in [2.05, 4.69) is 5.32 Å². The van der Waals surface area contributed by atoms with E-state index in [-0.39, 0.29) is 18.3 Å². The van der Waals surface area contributed by atoms with E-state index >= 15 is 0 Å². The molecule has 0 aliphatic heterocycles. The molecule has 2 aromatic carbocycles. The molecule has 0 unspecified atom stereocenters. The first-order valence-electron chi connectivity index (χ1n) is 7.89. The third-order valence-corrected chi connectivity index (χ3v) is 5.38. The number of hydrogen-bond acceptors (Lipinski definition) is 4. The minimum Gasteiger partial charge on any atom is -0.380 e. The van der Waals surface area contributed by atoms with Crippen LogP contribution >= 0.6 is 22.9 Å². The summed E-state index contributed by atoms with van der Waals surface area (Å²) in [6, 6.07) is 10.1. The molecule has 26 heavy (non-hydrogen) atoms. The van der Waals surface area contributed by atoms with E-state index in [1.807, 2.05) is 25.1 Å². The molecule has 0 bridgehead atoms. The van der Waals surface area contributed by atoms with Gasteiger partial charge < -0.3 is 15.0 Å². The Labute approximate surface area is 160 Å². The molecule has 1 amide bonds. The average molecular weight is 393 g/mol. The summed E-state index contributed by atoms with van der Waals surface area (Å²) in [5.74, 6) is -0.676. The topological polar surface area (TPSA) is 41.6 Å². The van der Waals surface area contributed by atoms with Gasteiger partial charge in [-0.25, -0.2) is 4.39 Å². The molecule has 136 valence electrons. The highest BCUT2D eigenvalue weighted by Crippen LogP contribution is 2.35. The van der Waals surface area contributed by atoms with Gasteiger partial charge in [0.25, 0.3) is 5.91 Å². The Morgan fingerprint density at radius 1 is 1.31 bits per heavy atom. The predicted molar refractivity (Wildman–Crippen MR) is 106 cm³/mol. The second-order valence-electron chi connectivity index (χ2n) is 5.97. The van der Waals surface area contributed by atoms with Crippen molar-refractivity contribution in [1.82, 2.24) is 0 Å². The van der Waals surface area contributed by atoms with E-state index in [9.17, 15) is 9.18 Å². The van der Waals surface area contributed by atoms with Gasteiger partial charge in [-0.15, -0.1) is 11.3 Å². The summed E-state index contributed by atoms with van der Waals surface area (Å²) in [5.41, 5.74) is 1.97. The second kappa shape index (κ2) is 7.61. The summed E-state index contributed by atoms with van der Waals surface area (Å²) in [6.07, 6.45) is 0. The van der Waals surface area contributed by atoms with E-state index in [1.54, 1.807) is 24.3 Å². The molecule has 0 fully saturated rings. The SMILES string of the molecule is COCc1c(C(=O)Nc2cc(Cl)ccc2N(C)C)sc2cccc(F)c12. The van der Waals surface area contributed by atoms with Gasteiger partial charge in [-0.2, -0.15) is 0 Å². The number of carbonyl (C=O) groups is 1. The van der Waals surface area contributed by atoms with Crippen LogP contribution in [0.5, 0.6) is 0 Å². The summed E-state index contributed by atoms with van der Waals surface area (Å²) in [7, 11) is 5.28. The molecule has 1 heterocycles. The van der Waals surface area contributed by atoms with Gasteiger partial charge in [0.05, 0.1) is 22.9 Å². The van der Waals surface area contributed by atoms with E-state index in [4.69, 9.17) is 16.3 Å². The number of halogens is 2. The van der Waals surface area contributed by atoms with Crippen molar-refractivity contribution in [3.05, 3.63) is 57.7 Å². The Balaban J connectivity index is 2.05. The maximum atomic E-state index is 14.3. The van der Waals surface area contributed by atoms with Gasteiger partial charge >= 0.3 is 0 Å². The number of amides is 1. The van der Waals surface area contributed by atoms with Gasteiger partial charge in [0.2, 0.25) is 0 Å². The van der Waals surface area contributed by atoms with Crippen LogP contribution in [0.1, 0.15) is 15.2 Å². The first-order chi connectivity index (χ1) is 12.4. The number of rotatable bonds is 5. The fraction of sp³-hybridized carbons (Fsp3) is 0.211. The molecular formula is C19H18ClFN2O2S. The van der Waals surface area contributed by atoms with E-state index in [1.165, 1.54) is 24.5 Å². The summed E-state index contributed by atoms with van der Waals surface area (Å²) >= 11 is 7.33. The predicted octanol–water partition coefficient (Wildman–Crippen LogP) is 5.16. The largest absolute Gasteiger partial charge is 0.380 e. The number of ether oxygens (including phenoxy) is 1. The summed E-state index contributed by atoms with van der Waals surface area (Å²) in [4.78, 5) is 15.2. The Bertz CT molecular complexity index is 972. The third-order valence-electron chi connectivity index (χ3n) is 3.95. The lowest BCUT2D eigenvalue weighted by atomic mass is 10.1. The minimum absolute atomic E-state index is 0.153. The van der Waals surface area contributed by atoms with Gasteiger partial charge in [-0.1, -0.05) is 17.7 Å². The van der Waals surface area contributed by atoms with Crippen molar-refractivity contribution < 1.29 is 13.9 Å². The maximum Gasteiger partial charge on any atom is 0.266 e. The maximum absolute atomic E-state index is 14.3. The highest BCUT2D eigenvalue weighted by Gasteiger charge is 2.21. The van der Waals surface area contributed by atoms with Crippen LogP contribution in [0.25, 0.3) is 10.1 Å². The number of anilines is 2. The fourth-order valence-electron chi connectivity index (χ4n) is 2.81. The highest BCUT2D eigenvalue weighted by molar-refractivity contribution is 7.21. The molecule has 0 aliphatic rings. The van der Waals surface area contributed by atoms with Crippen LogP contribution in [-0.4, -0.2) is 27.1 Å². The van der Waals surface area contributed by atoms with Crippen molar-refractivity contribution in [2.24, 2.45) is 0 Å². The Morgan fingerprint density at radius 2 is 2.08 bits per heavy atom. The minimum atomic E-state index is -0.360. The molecule has 0 saturated heterocycles. The standard InChI is InChI=1S/C19H18ClFN2O2S/c1-23(2)15-8-7-11(20)9-14(15)22-19(24)18-12(10-25-3)17-13(21)5-4-6-16(17)26-18/h4-9H,10H2,1-3H3,(H,22,24). The fourth-order valence-corrected chi connectivity index (χ4v) is 4.10. The number of nitrogens with zero attached hydrogens (tertiary/aromatic N) is 1. The molecule has 4 nitrogen and oxygen atoms in total. The third kappa shape index (κ3) is 3.53. The Kier molecular flexibility index (Phi) is 5.46. The summed E-state index contributed by atoms with van der Waals surface area (Å²) in [6.45, 7) is 0.153. The Morgan fingerprint density at radius 3 is 2.77 bits per heavy atom. The lowest BCUT2D eigenvalue weighted by molar-refractivity contribution is 0.102. The van der Waals surface area contributed by atoms with Crippen molar-refractivity contribution in [3.63, 3.8) is 0 Å². The van der Waals surface area contributed by atoms with Crippen LogP contribution in [-0.2, 0) is 11.3 Å². The highest BCUT2D eigenvalue weighted by atomic mass is 35.5. The monoisotopic (exact) mass is 392 g/mol. The lowest BCUT2D eigenvalue weighted by Crippen LogP contribution is -2.17. The first-order valence-corrected chi connectivity index (χ1v) is 9.09. The zero-order valence-electron chi connectivity index (χ0n) is 14.6. The zero-order chi connectivity index (χ0) is 18.8. The van der Waals surface area contributed by atoms with Crippen LogP contribution in [0, 0.1) is 5.82 Å². The van der Waals surface area contributed by atoms with Crippen molar-refractivity contribution in [2.45, 2.75) is 6.61 Å². The van der Waals surface area contributed by atoms with E-state index in [0.29, 0.717) is 31.2 Å². The van der Waals surface area contributed by atoms with Gasteiger partial charge in [-0.05, 0) is 30.3 Å². The Hall–Kier alpha value is -2.15. The van der Waals surface area contributed by atoms with Gasteiger partial charge in [0.15, 0.2) is 0 Å². The molecule has 7 heteroatoms. The lowest BCUT2D eigenvalue weighted by Gasteiger charge is -2.18. The van der Waals surface area contributed by atoms with Crippen LogP contribution in [0.4, 0.5) is 15.8 Å². The van der Waals surface area contributed by atoms with Crippen molar-refractivity contribution in [3.8, 4) is 0 Å². The van der Waals surface area contributed by atoms with Crippen molar-refractivity contribution in [1.29, 1.82) is 0 Å². The average Bonchev–Trinajstić information content (AvgIpc) is 2.95.